The van der Waals surface area contributed by atoms with Gasteiger partial charge in [-0.2, -0.15) is 0 Å². The number of rotatable bonds is 8. The van der Waals surface area contributed by atoms with E-state index in [4.69, 9.17) is 9.47 Å². The summed E-state index contributed by atoms with van der Waals surface area (Å²) in [5.41, 5.74) is 0. The normalized spacial score (nSPS) is 27.2. The van der Waals surface area contributed by atoms with Crippen molar-refractivity contribution in [3.8, 4) is 0 Å². The van der Waals surface area contributed by atoms with E-state index < -0.39 is 0 Å². The smallest absolute Gasteiger partial charge is 0.0587 e. The maximum Gasteiger partial charge on any atom is 0.0587 e. The van der Waals surface area contributed by atoms with Gasteiger partial charge in [0.2, 0.25) is 0 Å². The first-order chi connectivity index (χ1) is 7.72. The van der Waals surface area contributed by atoms with E-state index in [1.54, 1.807) is 7.11 Å². The second-order valence-electron chi connectivity index (χ2n) is 5.03. The number of nitrogens with one attached hydrogen (secondary N) is 1. The third-order valence-corrected chi connectivity index (χ3v) is 3.28. The molecule has 0 saturated carbocycles. The van der Waals surface area contributed by atoms with Crippen LogP contribution in [0.1, 0.15) is 39.5 Å². The highest BCUT2D eigenvalue weighted by Crippen LogP contribution is 2.23. The number of hydrogen-bond acceptors (Lipinski definition) is 3. The minimum atomic E-state index is 0.486. The Hall–Kier alpha value is -0.120. The molecule has 0 aromatic carbocycles. The van der Waals surface area contributed by atoms with Crippen LogP contribution in [0, 0.1) is 5.92 Å². The van der Waals surface area contributed by atoms with Gasteiger partial charge in [-0.15, -0.1) is 0 Å². The van der Waals surface area contributed by atoms with Crippen molar-refractivity contribution >= 4 is 0 Å². The fourth-order valence-electron chi connectivity index (χ4n) is 2.19. The van der Waals surface area contributed by atoms with Gasteiger partial charge in [0.05, 0.1) is 18.8 Å². The fraction of sp³-hybridized carbons (Fsp3) is 1.00. The minimum absolute atomic E-state index is 0.486. The molecule has 0 aliphatic carbocycles. The molecule has 0 aromatic heterocycles. The van der Waals surface area contributed by atoms with Crippen LogP contribution in [0.5, 0.6) is 0 Å². The molecule has 1 aliphatic heterocycles. The lowest BCUT2D eigenvalue weighted by Crippen LogP contribution is -2.25. The molecule has 1 heterocycles. The Kier molecular flexibility index (Phi) is 7.01. The SMILES string of the molecule is COCCNCC(C)CCC1CCC(C)O1. The Morgan fingerprint density at radius 3 is 2.88 bits per heavy atom. The second-order valence-corrected chi connectivity index (χ2v) is 5.03. The van der Waals surface area contributed by atoms with Crippen LogP contribution >= 0.6 is 0 Å². The van der Waals surface area contributed by atoms with E-state index in [9.17, 15) is 0 Å². The number of methoxy groups -OCH3 is 1. The highest BCUT2D eigenvalue weighted by atomic mass is 16.5. The Morgan fingerprint density at radius 2 is 2.25 bits per heavy atom. The van der Waals surface area contributed by atoms with Crippen LogP contribution in [0.2, 0.25) is 0 Å². The maximum atomic E-state index is 5.81. The topological polar surface area (TPSA) is 30.5 Å². The largest absolute Gasteiger partial charge is 0.383 e. The van der Waals surface area contributed by atoms with Crippen molar-refractivity contribution in [2.45, 2.75) is 51.7 Å². The van der Waals surface area contributed by atoms with E-state index in [0.29, 0.717) is 12.2 Å². The molecule has 96 valence electrons. The second kappa shape index (κ2) is 8.04. The fourth-order valence-corrected chi connectivity index (χ4v) is 2.19. The summed E-state index contributed by atoms with van der Waals surface area (Å²) in [6.45, 7) is 7.33. The Balaban J connectivity index is 1.95. The minimum Gasteiger partial charge on any atom is -0.383 e. The predicted molar refractivity (Wildman–Crippen MR) is 66.7 cm³/mol. The van der Waals surface area contributed by atoms with Gasteiger partial charge in [0.1, 0.15) is 0 Å². The summed E-state index contributed by atoms with van der Waals surface area (Å²) in [6.07, 6.45) is 5.99. The molecule has 0 spiro atoms. The lowest BCUT2D eigenvalue weighted by atomic mass is 10.0. The van der Waals surface area contributed by atoms with E-state index in [-0.39, 0.29) is 0 Å². The molecule has 3 atom stereocenters. The quantitative estimate of drug-likeness (QED) is 0.647. The van der Waals surface area contributed by atoms with Crippen LogP contribution in [-0.4, -0.2) is 39.0 Å². The molecule has 1 fully saturated rings. The van der Waals surface area contributed by atoms with Crippen molar-refractivity contribution in [1.29, 1.82) is 0 Å². The number of ether oxygens (including phenoxy) is 2. The van der Waals surface area contributed by atoms with Crippen molar-refractivity contribution in [2.75, 3.05) is 26.8 Å². The summed E-state index contributed by atoms with van der Waals surface area (Å²) in [5.74, 6) is 0.733. The summed E-state index contributed by atoms with van der Waals surface area (Å²) in [4.78, 5) is 0. The van der Waals surface area contributed by atoms with Crippen LogP contribution in [0.4, 0.5) is 0 Å². The third kappa shape index (κ3) is 5.83. The lowest BCUT2D eigenvalue weighted by Gasteiger charge is -2.15. The van der Waals surface area contributed by atoms with Gasteiger partial charge in [-0.25, -0.2) is 0 Å². The van der Waals surface area contributed by atoms with Crippen molar-refractivity contribution in [1.82, 2.24) is 5.32 Å². The molecule has 0 aromatic rings. The van der Waals surface area contributed by atoms with E-state index in [1.165, 1.54) is 25.7 Å². The monoisotopic (exact) mass is 229 g/mol. The van der Waals surface area contributed by atoms with Gasteiger partial charge >= 0.3 is 0 Å². The Bertz CT molecular complexity index is 175. The van der Waals surface area contributed by atoms with E-state index in [1.807, 2.05) is 0 Å². The Morgan fingerprint density at radius 1 is 1.44 bits per heavy atom. The van der Waals surface area contributed by atoms with Crippen LogP contribution < -0.4 is 5.32 Å². The maximum absolute atomic E-state index is 5.81. The summed E-state index contributed by atoms with van der Waals surface area (Å²) in [7, 11) is 1.74. The molecule has 1 N–H and O–H groups in total. The predicted octanol–water partition coefficient (Wildman–Crippen LogP) is 2.21. The molecule has 3 nitrogen and oxygen atoms in total. The average molecular weight is 229 g/mol. The van der Waals surface area contributed by atoms with E-state index in [0.717, 1.165) is 25.6 Å². The molecular weight excluding hydrogens is 202 g/mol. The van der Waals surface area contributed by atoms with Gasteiger partial charge in [0.15, 0.2) is 0 Å². The van der Waals surface area contributed by atoms with Gasteiger partial charge in [0.25, 0.3) is 0 Å². The third-order valence-electron chi connectivity index (χ3n) is 3.28. The zero-order chi connectivity index (χ0) is 11.8. The van der Waals surface area contributed by atoms with Gasteiger partial charge in [-0.05, 0) is 45.1 Å². The first-order valence-corrected chi connectivity index (χ1v) is 6.57. The highest BCUT2D eigenvalue weighted by molar-refractivity contribution is 4.71. The summed E-state index contributed by atoms with van der Waals surface area (Å²) < 4.78 is 10.8. The molecular formula is C13H27NO2. The van der Waals surface area contributed by atoms with Gasteiger partial charge in [-0.3, -0.25) is 0 Å². The van der Waals surface area contributed by atoms with Crippen LogP contribution in [0.15, 0.2) is 0 Å². The van der Waals surface area contributed by atoms with Crippen molar-refractivity contribution in [3.05, 3.63) is 0 Å². The van der Waals surface area contributed by atoms with Crippen LogP contribution in [0.25, 0.3) is 0 Å². The summed E-state index contributed by atoms with van der Waals surface area (Å²) in [5, 5.41) is 3.40. The van der Waals surface area contributed by atoms with Crippen LogP contribution in [0.3, 0.4) is 0 Å². The Labute approximate surface area is 99.9 Å². The average Bonchev–Trinajstić information content (AvgIpc) is 2.68. The van der Waals surface area contributed by atoms with E-state index >= 15 is 0 Å². The number of hydrogen-bond donors (Lipinski definition) is 1. The molecule has 0 radical (unpaired) electrons. The molecule has 0 amide bonds. The zero-order valence-corrected chi connectivity index (χ0v) is 11.0. The van der Waals surface area contributed by atoms with Gasteiger partial charge < -0.3 is 14.8 Å². The molecule has 1 aliphatic rings. The van der Waals surface area contributed by atoms with Crippen molar-refractivity contribution in [3.63, 3.8) is 0 Å². The van der Waals surface area contributed by atoms with Gasteiger partial charge in [0, 0.05) is 13.7 Å². The first kappa shape index (κ1) is 13.9. The standard InChI is InChI=1S/C13H27NO2/c1-11(10-14-8-9-15-3)4-6-13-7-5-12(2)16-13/h11-14H,4-10H2,1-3H3. The summed E-state index contributed by atoms with van der Waals surface area (Å²) in [6, 6.07) is 0. The van der Waals surface area contributed by atoms with Crippen LogP contribution in [-0.2, 0) is 9.47 Å². The summed E-state index contributed by atoms with van der Waals surface area (Å²) >= 11 is 0. The molecule has 3 heteroatoms. The molecule has 0 bridgehead atoms. The van der Waals surface area contributed by atoms with E-state index in [2.05, 4.69) is 19.2 Å². The zero-order valence-electron chi connectivity index (χ0n) is 11.0. The molecule has 16 heavy (non-hydrogen) atoms. The molecule has 1 saturated heterocycles. The van der Waals surface area contributed by atoms with Crippen molar-refractivity contribution in [2.24, 2.45) is 5.92 Å². The molecule has 3 unspecified atom stereocenters. The highest BCUT2D eigenvalue weighted by Gasteiger charge is 2.21. The molecule has 1 rings (SSSR count). The first-order valence-electron chi connectivity index (χ1n) is 6.57. The van der Waals surface area contributed by atoms with Crippen molar-refractivity contribution < 1.29 is 9.47 Å². The lowest BCUT2D eigenvalue weighted by molar-refractivity contribution is 0.0474. The van der Waals surface area contributed by atoms with Gasteiger partial charge in [-0.1, -0.05) is 6.92 Å².